The summed E-state index contributed by atoms with van der Waals surface area (Å²) in [5, 5.41) is 0. The van der Waals surface area contributed by atoms with Crippen LogP contribution in [0.25, 0.3) is 0 Å². The van der Waals surface area contributed by atoms with Crippen molar-refractivity contribution in [2.45, 2.75) is 19.4 Å². The van der Waals surface area contributed by atoms with E-state index in [-0.39, 0.29) is 30.5 Å². The molecule has 3 aromatic rings. The van der Waals surface area contributed by atoms with Gasteiger partial charge in [0.1, 0.15) is 11.5 Å². The van der Waals surface area contributed by atoms with Crippen molar-refractivity contribution in [2.24, 2.45) is 0 Å². The van der Waals surface area contributed by atoms with Crippen LogP contribution in [0, 0.1) is 11.6 Å². The zero-order valence-electron chi connectivity index (χ0n) is 20.9. The van der Waals surface area contributed by atoms with Gasteiger partial charge in [-0.3, -0.25) is 4.79 Å². The molecule has 8 nitrogen and oxygen atoms in total. The van der Waals surface area contributed by atoms with Gasteiger partial charge in [0.25, 0.3) is 0 Å². The second-order valence-corrected chi connectivity index (χ2v) is 9.31. The van der Waals surface area contributed by atoms with Crippen LogP contribution in [0.4, 0.5) is 14.7 Å². The van der Waals surface area contributed by atoms with Gasteiger partial charge in [0.05, 0.1) is 31.3 Å². The van der Waals surface area contributed by atoms with Gasteiger partial charge in [-0.15, -0.1) is 0 Å². The molecule has 0 saturated carbocycles. The number of carbonyl (C=O) groups is 1. The Morgan fingerprint density at radius 1 is 0.946 bits per heavy atom. The van der Waals surface area contributed by atoms with Gasteiger partial charge in [-0.2, -0.15) is 4.98 Å². The monoisotopic (exact) mass is 509 g/mol. The Hall–Kier alpha value is -3.79. The molecule has 0 N–H and O–H groups in total. The van der Waals surface area contributed by atoms with Crippen LogP contribution >= 0.6 is 0 Å². The number of amides is 1. The number of halogens is 2. The summed E-state index contributed by atoms with van der Waals surface area (Å²) < 4.78 is 38.6. The Bertz CT molecular complexity index is 1280. The summed E-state index contributed by atoms with van der Waals surface area (Å²) in [6, 6.07) is 10.8. The van der Waals surface area contributed by atoms with Gasteiger partial charge >= 0.3 is 0 Å². The first-order valence-electron chi connectivity index (χ1n) is 12.3. The number of carbonyl (C=O) groups excluding carboxylic acids is 1. The summed E-state index contributed by atoms with van der Waals surface area (Å²) in [4.78, 5) is 28.7. The lowest BCUT2D eigenvalue weighted by Crippen LogP contribution is -2.45. The highest BCUT2D eigenvalue weighted by molar-refractivity contribution is 5.79. The van der Waals surface area contributed by atoms with E-state index in [0.29, 0.717) is 24.5 Å². The van der Waals surface area contributed by atoms with Crippen molar-refractivity contribution in [1.82, 2.24) is 19.8 Å². The Labute approximate surface area is 214 Å². The third-order valence-electron chi connectivity index (χ3n) is 6.77. The molecule has 0 unspecified atom stereocenters. The van der Waals surface area contributed by atoms with Gasteiger partial charge in [0.2, 0.25) is 17.7 Å². The third-order valence-corrected chi connectivity index (χ3v) is 6.77. The van der Waals surface area contributed by atoms with E-state index in [4.69, 9.17) is 14.5 Å². The molecule has 1 aromatic heterocycles. The molecule has 37 heavy (non-hydrogen) atoms. The maximum Gasteiger partial charge on any atom is 0.229 e. The average molecular weight is 510 g/mol. The van der Waals surface area contributed by atoms with Crippen molar-refractivity contribution >= 4 is 11.9 Å². The highest BCUT2D eigenvalue weighted by Gasteiger charge is 2.28. The van der Waals surface area contributed by atoms with E-state index in [1.165, 1.54) is 6.07 Å². The molecule has 1 fully saturated rings. The Morgan fingerprint density at radius 2 is 1.68 bits per heavy atom. The lowest BCUT2D eigenvalue weighted by molar-refractivity contribution is -0.131. The predicted molar refractivity (Wildman–Crippen MR) is 134 cm³/mol. The number of anilines is 1. The molecule has 10 heteroatoms. The van der Waals surface area contributed by atoms with Crippen LogP contribution in [0.1, 0.15) is 16.8 Å². The molecule has 0 spiro atoms. The predicted octanol–water partition coefficient (Wildman–Crippen LogP) is 3.43. The molecule has 5 rings (SSSR count). The summed E-state index contributed by atoms with van der Waals surface area (Å²) >= 11 is 0. The number of fused-ring (bicyclic) bond motifs is 1. The summed E-state index contributed by atoms with van der Waals surface area (Å²) in [7, 11) is 3.67. The maximum atomic E-state index is 13.9. The van der Waals surface area contributed by atoms with Crippen molar-refractivity contribution in [1.29, 1.82) is 0 Å². The highest BCUT2D eigenvalue weighted by Crippen LogP contribution is 2.32. The van der Waals surface area contributed by atoms with Crippen LogP contribution in [-0.2, 0) is 24.2 Å². The quantitative estimate of drug-likeness (QED) is 0.504. The van der Waals surface area contributed by atoms with Crippen LogP contribution < -0.4 is 14.4 Å². The van der Waals surface area contributed by atoms with E-state index < -0.39 is 11.6 Å². The topological polar surface area (TPSA) is 71.0 Å². The molecule has 0 atom stereocenters. The maximum absolute atomic E-state index is 13.9. The minimum absolute atomic E-state index is 0.0299. The molecule has 0 aliphatic carbocycles. The number of methoxy groups -OCH3 is 1. The fourth-order valence-electron chi connectivity index (χ4n) is 4.50. The van der Waals surface area contributed by atoms with Crippen molar-refractivity contribution in [3.8, 4) is 17.4 Å². The van der Waals surface area contributed by atoms with Gasteiger partial charge in [0, 0.05) is 45.2 Å². The summed E-state index contributed by atoms with van der Waals surface area (Å²) in [6.07, 6.45) is 0.792. The van der Waals surface area contributed by atoms with Crippen LogP contribution in [-0.4, -0.2) is 72.6 Å². The molecular formula is C27H29F2N5O3. The van der Waals surface area contributed by atoms with E-state index in [9.17, 15) is 13.6 Å². The second-order valence-electron chi connectivity index (χ2n) is 9.31. The second kappa shape index (κ2) is 10.7. The fraction of sp³-hybridized carbons (Fsp3) is 0.370. The van der Waals surface area contributed by atoms with Gasteiger partial charge in [-0.1, -0.05) is 12.1 Å². The normalized spacial score (nSPS) is 15.9. The van der Waals surface area contributed by atoms with E-state index in [1.807, 2.05) is 24.3 Å². The van der Waals surface area contributed by atoms with Crippen molar-refractivity contribution in [3.05, 3.63) is 70.9 Å². The van der Waals surface area contributed by atoms with Gasteiger partial charge in [0.15, 0.2) is 11.6 Å². The minimum atomic E-state index is -1.00. The summed E-state index contributed by atoms with van der Waals surface area (Å²) in [5.41, 5.74) is 2.36. The number of benzene rings is 2. The molecule has 1 saturated heterocycles. The Kier molecular flexibility index (Phi) is 7.18. The fourth-order valence-corrected chi connectivity index (χ4v) is 4.50. The van der Waals surface area contributed by atoms with E-state index in [2.05, 4.69) is 21.8 Å². The zero-order valence-corrected chi connectivity index (χ0v) is 20.9. The number of piperazine rings is 1. The van der Waals surface area contributed by atoms with Crippen LogP contribution in [0.2, 0.25) is 0 Å². The molecule has 3 heterocycles. The van der Waals surface area contributed by atoms with Crippen molar-refractivity contribution < 1.29 is 23.0 Å². The summed E-state index contributed by atoms with van der Waals surface area (Å²) in [6.45, 7) is 4.10. The number of hydrogen-bond donors (Lipinski definition) is 0. The Balaban J connectivity index is 1.41. The minimum Gasteiger partial charge on any atom is -0.497 e. The lowest BCUT2D eigenvalue weighted by atomic mass is 10.0. The van der Waals surface area contributed by atoms with E-state index in [1.54, 1.807) is 12.0 Å². The summed E-state index contributed by atoms with van der Waals surface area (Å²) in [5.74, 6) is -0.324. The average Bonchev–Trinajstić information content (AvgIpc) is 2.91. The van der Waals surface area contributed by atoms with Crippen LogP contribution in [0.15, 0.2) is 42.5 Å². The first kappa shape index (κ1) is 24.9. The Morgan fingerprint density at radius 3 is 2.38 bits per heavy atom. The van der Waals surface area contributed by atoms with Gasteiger partial charge in [-0.05, 0) is 36.9 Å². The number of rotatable bonds is 6. The zero-order chi connectivity index (χ0) is 25.9. The largest absolute Gasteiger partial charge is 0.497 e. The standard InChI is InChI=1S/C27H29F2N5O3/c1-32-11-13-33(14-12-32)27-30-24-9-10-34(25(35)15-18-3-5-19(36-2)6-4-18)17-21(24)26(31-27)37-20-7-8-22(28)23(29)16-20/h3-8,16H,9-15,17H2,1-2H3. The van der Waals surface area contributed by atoms with Crippen molar-refractivity contribution in [3.63, 3.8) is 0 Å². The number of aromatic nitrogens is 2. The van der Waals surface area contributed by atoms with E-state index >= 15 is 0 Å². The van der Waals surface area contributed by atoms with E-state index in [0.717, 1.165) is 55.3 Å². The molecular weight excluding hydrogens is 480 g/mol. The number of hydrogen-bond acceptors (Lipinski definition) is 7. The molecule has 0 radical (unpaired) electrons. The molecule has 1 amide bonds. The molecule has 0 bridgehead atoms. The first-order valence-corrected chi connectivity index (χ1v) is 12.3. The van der Waals surface area contributed by atoms with Gasteiger partial charge in [-0.25, -0.2) is 13.8 Å². The number of ether oxygens (including phenoxy) is 2. The number of nitrogens with zero attached hydrogens (tertiary/aromatic N) is 5. The molecule has 194 valence electrons. The molecule has 2 aliphatic heterocycles. The first-order chi connectivity index (χ1) is 17.9. The lowest BCUT2D eigenvalue weighted by Gasteiger charge is -2.34. The third kappa shape index (κ3) is 5.64. The highest BCUT2D eigenvalue weighted by atomic mass is 19.2. The number of likely N-dealkylation sites (N-methyl/N-ethyl adjacent to an activating group) is 1. The van der Waals surface area contributed by atoms with Crippen molar-refractivity contribution in [2.75, 3.05) is 51.8 Å². The van der Waals surface area contributed by atoms with Gasteiger partial charge < -0.3 is 24.2 Å². The smallest absolute Gasteiger partial charge is 0.229 e. The van der Waals surface area contributed by atoms with Crippen LogP contribution in [0.5, 0.6) is 17.4 Å². The van der Waals surface area contributed by atoms with Crippen LogP contribution in [0.3, 0.4) is 0 Å². The SMILES string of the molecule is COc1ccc(CC(=O)N2CCc3nc(N4CCN(C)CC4)nc(Oc4ccc(F)c(F)c4)c3C2)cc1. The molecule has 2 aliphatic rings. The molecule has 2 aromatic carbocycles.